The van der Waals surface area contributed by atoms with Crippen molar-refractivity contribution >= 4 is 22.7 Å². The van der Waals surface area contributed by atoms with Gasteiger partial charge in [-0.3, -0.25) is 14.7 Å². The Bertz CT molecular complexity index is 958. The van der Waals surface area contributed by atoms with Gasteiger partial charge in [0, 0.05) is 18.3 Å². The van der Waals surface area contributed by atoms with Gasteiger partial charge in [0.25, 0.3) is 5.91 Å². The van der Waals surface area contributed by atoms with Gasteiger partial charge in [0.15, 0.2) is 0 Å². The van der Waals surface area contributed by atoms with E-state index in [9.17, 15) is 9.59 Å². The standard InChI is InChI=1S/C19H21N5O2/c20-19(26)14-11-21-22-18(14)16-7-3-4-9-24(16)17(25)12-23-10-8-13-5-1-2-6-15(13)23/h1-2,5-6,8,10-11,16H,3-4,7,9,12H2,(H2,20,26)(H,21,22). The number of nitrogens with one attached hydrogen (secondary N) is 1. The molecule has 2 amide bonds. The van der Waals surface area contributed by atoms with Crippen molar-refractivity contribution in [1.82, 2.24) is 19.7 Å². The highest BCUT2D eigenvalue weighted by Crippen LogP contribution is 2.32. The maximum atomic E-state index is 13.1. The summed E-state index contributed by atoms with van der Waals surface area (Å²) in [5.74, 6) is -0.496. The molecule has 0 spiro atoms. The first-order chi connectivity index (χ1) is 12.6. The number of hydrogen-bond donors (Lipinski definition) is 2. The summed E-state index contributed by atoms with van der Waals surface area (Å²) >= 11 is 0. The summed E-state index contributed by atoms with van der Waals surface area (Å²) in [7, 11) is 0. The first-order valence-corrected chi connectivity index (χ1v) is 8.81. The molecule has 26 heavy (non-hydrogen) atoms. The summed E-state index contributed by atoms with van der Waals surface area (Å²) in [6.45, 7) is 0.935. The van der Waals surface area contributed by atoms with Crippen LogP contribution in [0, 0.1) is 0 Å². The number of H-pyrrole nitrogens is 1. The number of hydrogen-bond acceptors (Lipinski definition) is 3. The second-order valence-electron chi connectivity index (χ2n) is 6.66. The van der Waals surface area contributed by atoms with Gasteiger partial charge in [0.2, 0.25) is 5.91 Å². The van der Waals surface area contributed by atoms with E-state index in [-0.39, 0.29) is 18.5 Å². The topological polar surface area (TPSA) is 97.0 Å². The van der Waals surface area contributed by atoms with Gasteiger partial charge in [-0.15, -0.1) is 0 Å². The van der Waals surface area contributed by atoms with Crippen LogP contribution >= 0.6 is 0 Å². The number of aromatic amines is 1. The third-order valence-electron chi connectivity index (χ3n) is 5.08. The third kappa shape index (κ3) is 2.85. The Morgan fingerprint density at radius 2 is 2.08 bits per heavy atom. The molecule has 1 aliphatic heterocycles. The van der Waals surface area contributed by atoms with E-state index >= 15 is 0 Å². The molecular formula is C19H21N5O2. The Morgan fingerprint density at radius 3 is 2.92 bits per heavy atom. The van der Waals surface area contributed by atoms with Crippen molar-refractivity contribution in [2.45, 2.75) is 31.8 Å². The smallest absolute Gasteiger partial charge is 0.252 e. The normalized spacial score (nSPS) is 17.5. The van der Waals surface area contributed by atoms with Crippen molar-refractivity contribution in [3.8, 4) is 0 Å². The minimum absolute atomic E-state index is 0.0288. The SMILES string of the molecule is NC(=O)c1cn[nH]c1C1CCCCN1C(=O)Cn1ccc2ccccc21. The van der Waals surface area contributed by atoms with E-state index < -0.39 is 5.91 Å². The maximum absolute atomic E-state index is 13.1. The quantitative estimate of drug-likeness (QED) is 0.754. The monoisotopic (exact) mass is 351 g/mol. The summed E-state index contributed by atoms with van der Waals surface area (Å²) in [6.07, 6.45) is 6.12. The lowest BCUT2D eigenvalue weighted by molar-refractivity contribution is -0.135. The van der Waals surface area contributed by atoms with Crippen molar-refractivity contribution in [2.75, 3.05) is 6.54 Å². The zero-order valence-corrected chi connectivity index (χ0v) is 14.4. The molecule has 0 saturated carbocycles. The van der Waals surface area contributed by atoms with E-state index in [1.807, 2.05) is 46.0 Å². The van der Waals surface area contributed by atoms with E-state index in [0.717, 1.165) is 30.2 Å². The molecule has 1 aliphatic rings. The van der Waals surface area contributed by atoms with E-state index in [1.165, 1.54) is 6.20 Å². The van der Waals surface area contributed by atoms with Crippen LogP contribution in [0.4, 0.5) is 0 Å². The van der Waals surface area contributed by atoms with Gasteiger partial charge in [-0.05, 0) is 36.8 Å². The Labute approximate surface area is 150 Å². The zero-order valence-electron chi connectivity index (χ0n) is 14.4. The lowest BCUT2D eigenvalue weighted by Crippen LogP contribution is -2.41. The Balaban J connectivity index is 1.60. The highest BCUT2D eigenvalue weighted by Gasteiger charge is 2.31. The van der Waals surface area contributed by atoms with Crippen LogP contribution in [0.15, 0.2) is 42.7 Å². The molecule has 1 atom stereocenters. The first kappa shape index (κ1) is 16.4. The van der Waals surface area contributed by atoms with Crippen molar-refractivity contribution in [1.29, 1.82) is 0 Å². The van der Waals surface area contributed by atoms with Crippen molar-refractivity contribution in [3.63, 3.8) is 0 Å². The van der Waals surface area contributed by atoms with Crippen molar-refractivity contribution in [3.05, 3.63) is 54.0 Å². The van der Waals surface area contributed by atoms with Gasteiger partial charge < -0.3 is 15.2 Å². The summed E-state index contributed by atoms with van der Waals surface area (Å²) < 4.78 is 1.96. The number of primary amides is 1. The molecule has 0 aliphatic carbocycles. The van der Waals surface area contributed by atoms with Gasteiger partial charge in [-0.25, -0.2) is 0 Å². The molecule has 1 saturated heterocycles. The van der Waals surface area contributed by atoms with Crippen LogP contribution in [0.1, 0.15) is 41.4 Å². The average molecular weight is 351 g/mol. The van der Waals surface area contributed by atoms with Crippen LogP contribution in [-0.4, -0.2) is 38.0 Å². The number of benzene rings is 1. The first-order valence-electron chi connectivity index (χ1n) is 8.81. The molecule has 1 unspecified atom stereocenters. The van der Waals surface area contributed by atoms with Crippen molar-refractivity contribution < 1.29 is 9.59 Å². The molecule has 7 heteroatoms. The fourth-order valence-electron chi connectivity index (χ4n) is 3.79. The molecule has 1 aromatic carbocycles. The second kappa shape index (κ2) is 6.67. The Hall–Kier alpha value is -3.09. The minimum Gasteiger partial charge on any atom is -0.365 e. The zero-order chi connectivity index (χ0) is 18.1. The number of nitrogens with zero attached hydrogens (tertiary/aromatic N) is 3. The van der Waals surface area contributed by atoms with Crippen molar-refractivity contribution in [2.24, 2.45) is 5.73 Å². The molecule has 4 rings (SSSR count). The van der Waals surface area contributed by atoms with Gasteiger partial charge in [-0.2, -0.15) is 5.10 Å². The molecule has 7 nitrogen and oxygen atoms in total. The van der Waals surface area contributed by atoms with E-state index in [1.54, 1.807) is 0 Å². The molecule has 3 heterocycles. The number of likely N-dealkylation sites (tertiary alicyclic amines) is 1. The Kier molecular flexibility index (Phi) is 4.20. The predicted molar refractivity (Wildman–Crippen MR) is 97.3 cm³/mol. The number of amides is 2. The van der Waals surface area contributed by atoms with E-state index in [4.69, 9.17) is 5.73 Å². The molecule has 2 aromatic heterocycles. The van der Waals surface area contributed by atoms with Gasteiger partial charge in [0.05, 0.1) is 23.5 Å². The molecule has 3 aromatic rings. The molecule has 3 N–H and O–H groups in total. The van der Waals surface area contributed by atoms with Crippen LogP contribution in [0.3, 0.4) is 0 Å². The average Bonchev–Trinajstić information content (AvgIpc) is 3.29. The summed E-state index contributed by atoms with van der Waals surface area (Å²) in [5.41, 5.74) is 7.49. The second-order valence-corrected chi connectivity index (χ2v) is 6.66. The molecule has 0 radical (unpaired) electrons. The largest absolute Gasteiger partial charge is 0.365 e. The molecule has 0 bridgehead atoms. The molecular weight excluding hydrogens is 330 g/mol. The highest BCUT2D eigenvalue weighted by atomic mass is 16.2. The fourth-order valence-corrected chi connectivity index (χ4v) is 3.79. The maximum Gasteiger partial charge on any atom is 0.252 e. The minimum atomic E-state index is -0.525. The van der Waals surface area contributed by atoms with Gasteiger partial charge in [0.1, 0.15) is 6.54 Å². The van der Waals surface area contributed by atoms with Crippen LogP contribution in [0.25, 0.3) is 10.9 Å². The number of carbonyl (C=O) groups is 2. The van der Waals surface area contributed by atoms with Crippen LogP contribution in [0.2, 0.25) is 0 Å². The van der Waals surface area contributed by atoms with Gasteiger partial charge >= 0.3 is 0 Å². The Morgan fingerprint density at radius 1 is 1.23 bits per heavy atom. The molecule has 134 valence electrons. The third-order valence-corrected chi connectivity index (χ3v) is 5.08. The van der Waals surface area contributed by atoms with Crippen LogP contribution < -0.4 is 5.73 Å². The number of fused-ring (bicyclic) bond motifs is 1. The predicted octanol–water partition coefficient (Wildman–Crippen LogP) is 2.22. The number of aromatic nitrogens is 3. The van der Waals surface area contributed by atoms with E-state index in [2.05, 4.69) is 10.2 Å². The highest BCUT2D eigenvalue weighted by molar-refractivity contribution is 5.94. The summed E-state index contributed by atoms with van der Waals surface area (Å²) in [6, 6.07) is 9.81. The molecule has 1 fully saturated rings. The lowest BCUT2D eigenvalue weighted by Gasteiger charge is -2.35. The van der Waals surface area contributed by atoms with Crippen LogP contribution in [0.5, 0.6) is 0 Å². The summed E-state index contributed by atoms with van der Waals surface area (Å²) in [4.78, 5) is 26.6. The lowest BCUT2D eigenvalue weighted by atomic mass is 9.96. The number of rotatable bonds is 4. The number of piperidine rings is 1. The van der Waals surface area contributed by atoms with Gasteiger partial charge in [-0.1, -0.05) is 18.2 Å². The fraction of sp³-hybridized carbons (Fsp3) is 0.316. The van der Waals surface area contributed by atoms with E-state index in [0.29, 0.717) is 17.8 Å². The summed E-state index contributed by atoms with van der Waals surface area (Å²) in [5, 5.41) is 7.95. The number of nitrogens with two attached hydrogens (primary N) is 1. The number of para-hydroxylation sites is 1. The number of carbonyl (C=O) groups excluding carboxylic acids is 2. The van der Waals surface area contributed by atoms with Crippen LogP contribution in [-0.2, 0) is 11.3 Å².